The second kappa shape index (κ2) is 6.95. The van der Waals surface area contributed by atoms with Crippen LogP contribution in [0.5, 0.6) is 5.75 Å². The SMILES string of the molecule is Cc1ccc(C=Nc2nnc(COc3ccccc3)s2)cc1. The molecule has 3 aromatic rings. The fourth-order valence-corrected chi connectivity index (χ4v) is 2.40. The van der Waals surface area contributed by atoms with E-state index in [2.05, 4.69) is 34.2 Å². The lowest BCUT2D eigenvalue weighted by Crippen LogP contribution is -1.94. The number of benzene rings is 2. The minimum atomic E-state index is 0.404. The van der Waals surface area contributed by atoms with Crippen LogP contribution in [0.3, 0.4) is 0 Å². The molecule has 22 heavy (non-hydrogen) atoms. The molecule has 0 saturated carbocycles. The molecule has 0 atom stereocenters. The molecule has 3 rings (SSSR count). The van der Waals surface area contributed by atoms with Crippen LogP contribution in [0.15, 0.2) is 59.6 Å². The number of rotatable bonds is 5. The molecule has 2 aromatic carbocycles. The van der Waals surface area contributed by atoms with Crippen LogP contribution < -0.4 is 4.74 Å². The second-order valence-corrected chi connectivity index (χ2v) is 5.79. The highest BCUT2D eigenvalue weighted by molar-refractivity contribution is 7.14. The summed E-state index contributed by atoms with van der Waals surface area (Å²) in [4.78, 5) is 4.35. The molecular weight excluding hydrogens is 294 g/mol. The van der Waals surface area contributed by atoms with Gasteiger partial charge in [0.25, 0.3) is 0 Å². The molecule has 110 valence electrons. The molecule has 0 amide bonds. The van der Waals surface area contributed by atoms with E-state index in [1.807, 2.05) is 42.5 Å². The fraction of sp³-hybridized carbons (Fsp3) is 0.118. The number of para-hydroxylation sites is 1. The topological polar surface area (TPSA) is 47.4 Å². The molecule has 4 nitrogen and oxygen atoms in total. The number of ether oxygens (including phenoxy) is 1. The largest absolute Gasteiger partial charge is 0.486 e. The molecule has 0 N–H and O–H groups in total. The lowest BCUT2D eigenvalue weighted by Gasteiger charge is -2.01. The lowest BCUT2D eigenvalue weighted by molar-refractivity contribution is 0.304. The minimum absolute atomic E-state index is 0.404. The number of hydrogen-bond donors (Lipinski definition) is 0. The van der Waals surface area contributed by atoms with Gasteiger partial charge in [0.05, 0.1) is 0 Å². The Balaban J connectivity index is 1.60. The number of aliphatic imine (C=N–C) groups is 1. The van der Waals surface area contributed by atoms with Crippen molar-refractivity contribution in [1.29, 1.82) is 0 Å². The van der Waals surface area contributed by atoms with Crippen molar-refractivity contribution in [3.8, 4) is 5.75 Å². The highest BCUT2D eigenvalue weighted by Crippen LogP contribution is 2.20. The summed E-state index contributed by atoms with van der Waals surface area (Å²) in [5, 5.41) is 9.58. The van der Waals surface area contributed by atoms with Gasteiger partial charge in [0.2, 0.25) is 5.13 Å². The standard InChI is InChI=1S/C17H15N3OS/c1-13-7-9-14(10-8-13)11-18-17-20-19-16(22-17)12-21-15-5-3-2-4-6-15/h2-11H,12H2,1H3. The quantitative estimate of drug-likeness (QED) is 0.664. The average molecular weight is 309 g/mol. The maximum Gasteiger partial charge on any atom is 0.231 e. The molecule has 0 aliphatic heterocycles. The van der Waals surface area contributed by atoms with Gasteiger partial charge in [-0.15, -0.1) is 10.2 Å². The zero-order valence-electron chi connectivity index (χ0n) is 12.1. The minimum Gasteiger partial charge on any atom is -0.486 e. The first-order valence-electron chi connectivity index (χ1n) is 6.90. The molecule has 0 bridgehead atoms. The van der Waals surface area contributed by atoms with Crippen molar-refractivity contribution in [2.75, 3.05) is 0 Å². The van der Waals surface area contributed by atoms with Crippen molar-refractivity contribution in [3.63, 3.8) is 0 Å². The molecular formula is C17H15N3OS. The molecule has 1 aromatic heterocycles. The van der Waals surface area contributed by atoms with Gasteiger partial charge in [0.15, 0.2) is 5.01 Å². The van der Waals surface area contributed by atoms with E-state index < -0.39 is 0 Å². The van der Waals surface area contributed by atoms with Crippen LogP contribution in [0.4, 0.5) is 5.13 Å². The van der Waals surface area contributed by atoms with Gasteiger partial charge >= 0.3 is 0 Å². The van der Waals surface area contributed by atoms with Crippen molar-refractivity contribution < 1.29 is 4.74 Å². The van der Waals surface area contributed by atoms with Crippen molar-refractivity contribution in [2.24, 2.45) is 4.99 Å². The molecule has 0 aliphatic carbocycles. The van der Waals surface area contributed by atoms with E-state index in [1.54, 1.807) is 6.21 Å². The van der Waals surface area contributed by atoms with Gasteiger partial charge in [0.1, 0.15) is 12.4 Å². The summed E-state index contributed by atoms with van der Waals surface area (Å²) < 4.78 is 5.64. The van der Waals surface area contributed by atoms with E-state index >= 15 is 0 Å². The summed E-state index contributed by atoms with van der Waals surface area (Å²) in [5.74, 6) is 0.822. The van der Waals surface area contributed by atoms with Crippen LogP contribution in [-0.2, 0) is 6.61 Å². The van der Waals surface area contributed by atoms with Crippen LogP contribution >= 0.6 is 11.3 Å². The maximum atomic E-state index is 5.64. The first-order chi connectivity index (χ1) is 10.8. The van der Waals surface area contributed by atoms with Gasteiger partial charge in [-0.05, 0) is 24.6 Å². The number of nitrogens with zero attached hydrogens (tertiary/aromatic N) is 3. The van der Waals surface area contributed by atoms with E-state index in [4.69, 9.17) is 4.74 Å². The Kier molecular flexibility index (Phi) is 4.56. The highest BCUT2D eigenvalue weighted by Gasteiger charge is 2.03. The Bertz CT molecular complexity index is 751. The predicted molar refractivity (Wildman–Crippen MR) is 89.1 cm³/mol. The Morgan fingerprint density at radius 3 is 2.59 bits per heavy atom. The highest BCUT2D eigenvalue weighted by atomic mass is 32.1. The second-order valence-electron chi connectivity index (χ2n) is 4.75. The van der Waals surface area contributed by atoms with Crippen LogP contribution in [0, 0.1) is 6.92 Å². The van der Waals surface area contributed by atoms with Crippen LogP contribution in [0.2, 0.25) is 0 Å². The Morgan fingerprint density at radius 2 is 1.82 bits per heavy atom. The molecule has 0 aliphatic rings. The van der Waals surface area contributed by atoms with Crippen LogP contribution in [0.25, 0.3) is 0 Å². The lowest BCUT2D eigenvalue weighted by atomic mass is 10.2. The smallest absolute Gasteiger partial charge is 0.231 e. The van der Waals surface area contributed by atoms with Crippen LogP contribution in [-0.4, -0.2) is 16.4 Å². The summed E-state index contributed by atoms with van der Waals surface area (Å²) in [6.07, 6.45) is 1.79. The van der Waals surface area contributed by atoms with E-state index in [1.165, 1.54) is 16.9 Å². The van der Waals surface area contributed by atoms with Gasteiger partial charge < -0.3 is 4.74 Å². The average Bonchev–Trinajstić information content (AvgIpc) is 3.01. The fourth-order valence-electron chi connectivity index (χ4n) is 1.80. The molecule has 0 fully saturated rings. The summed E-state index contributed by atoms with van der Waals surface area (Å²) in [5.41, 5.74) is 2.27. The van der Waals surface area contributed by atoms with Gasteiger partial charge in [0, 0.05) is 6.21 Å². The molecule has 5 heteroatoms. The number of aromatic nitrogens is 2. The van der Waals surface area contributed by atoms with Crippen molar-refractivity contribution in [1.82, 2.24) is 10.2 Å². The normalized spacial score (nSPS) is 11.0. The van der Waals surface area contributed by atoms with Gasteiger partial charge in [-0.1, -0.05) is 59.4 Å². The summed E-state index contributed by atoms with van der Waals surface area (Å²) in [6.45, 7) is 2.46. The monoisotopic (exact) mass is 309 g/mol. The molecule has 1 heterocycles. The predicted octanol–water partition coefficient (Wildman–Crippen LogP) is 4.18. The summed E-state index contributed by atoms with van der Waals surface area (Å²) >= 11 is 1.43. The molecule has 0 unspecified atom stereocenters. The number of hydrogen-bond acceptors (Lipinski definition) is 5. The van der Waals surface area contributed by atoms with E-state index in [-0.39, 0.29) is 0 Å². The van der Waals surface area contributed by atoms with Gasteiger partial charge in [-0.25, -0.2) is 4.99 Å². The molecule has 0 radical (unpaired) electrons. The molecule has 0 spiro atoms. The van der Waals surface area contributed by atoms with E-state index in [0.29, 0.717) is 11.7 Å². The van der Waals surface area contributed by atoms with Crippen molar-refractivity contribution in [2.45, 2.75) is 13.5 Å². The first kappa shape index (κ1) is 14.4. The van der Waals surface area contributed by atoms with Crippen molar-refractivity contribution >= 4 is 22.7 Å². The Labute approximate surface area is 133 Å². The molecule has 0 saturated heterocycles. The third kappa shape index (κ3) is 3.99. The number of aryl methyl sites for hydroxylation is 1. The van der Waals surface area contributed by atoms with Crippen molar-refractivity contribution in [3.05, 3.63) is 70.7 Å². The third-order valence-electron chi connectivity index (χ3n) is 2.96. The van der Waals surface area contributed by atoms with Gasteiger partial charge in [-0.2, -0.15) is 0 Å². The summed E-state index contributed by atoms with van der Waals surface area (Å²) in [7, 11) is 0. The Morgan fingerprint density at radius 1 is 1.05 bits per heavy atom. The van der Waals surface area contributed by atoms with E-state index in [9.17, 15) is 0 Å². The van der Waals surface area contributed by atoms with E-state index in [0.717, 1.165) is 16.3 Å². The maximum absolute atomic E-state index is 5.64. The zero-order chi connectivity index (χ0) is 15.2. The third-order valence-corrected chi connectivity index (χ3v) is 3.77. The Hall–Kier alpha value is -2.53. The van der Waals surface area contributed by atoms with Crippen LogP contribution in [0.1, 0.15) is 16.1 Å². The first-order valence-corrected chi connectivity index (χ1v) is 7.72. The van der Waals surface area contributed by atoms with Gasteiger partial charge in [-0.3, -0.25) is 0 Å². The summed E-state index contributed by atoms with van der Waals surface area (Å²) in [6, 6.07) is 17.8. The zero-order valence-corrected chi connectivity index (χ0v) is 13.0.